The zero-order valence-corrected chi connectivity index (χ0v) is 24.5. The summed E-state index contributed by atoms with van der Waals surface area (Å²) in [7, 11) is 0. The summed E-state index contributed by atoms with van der Waals surface area (Å²) in [5.41, 5.74) is 2.44. The van der Waals surface area contributed by atoms with Gasteiger partial charge in [0.25, 0.3) is 17.6 Å². The quantitative estimate of drug-likeness (QED) is 0.110. The molecule has 1 saturated heterocycles. The molecular weight excluding hydrogens is 585 g/mol. The van der Waals surface area contributed by atoms with Gasteiger partial charge in [-0.15, -0.1) is 23.1 Å². The first-order chi connectivity index (χ1) is 20.8. The summed E-state index contributed by atoms with van der Waals surface area (Å²) < 4.78 is 0. The lowest BCUT2D eigenvalue weighted by molar-refractivity contribution is -0.150. The van der Waals surface area contributed by atoms with Crippen LogP contribution in [0.2, 0.25) is 0 Å². The topological polar surface area (TPSA) is 129 Å². The van der Waals surface area contributed by atoms with E-state index in [-0.39, 0.29) is 11.4 Å². The molecule has 2 amide bonds. The number of thiazole rings is 1. The second kappa shape index (κ2) is 11.5. The number of carbonyl (C=O) groups is 4. The normalized spacial score (nSPS) is 18.0. The van der Waals surface area contributed by atoms with Gasteiger partial charge in [0.2, 0.25) is 0 Å². The van der Waals surface area contributed by atoms with Gasteiger partial charge in [0.15, 0.2) is 5.13 Å². The lowest BCUT2D eigenvalue weighted by atomic mass is 9.77. The Kier molecular flexibility index (Phi) is 7.59. The molecule has 9 nitrogen and oxygen atoms in total. The van der Waals surface area contributed by atoms with E-state index in [0.29, 0.717) is 16.5 Å². The number of thioether (sulfide) groups is 1. The molecule has 0 radical (unpaired) electrons. The van der Waals surface area contributed by atoms with Gasteiger partial charge in [0, 0.05) is 11.1 Å². The molecule has 4 aromatic rings. The number of amides is 2. The van der Waals surface area contributed by atoms with Gasteiger partial charge in [-0.2, -0.15) is 0 Å². The lowest BCUT2D eigenvalue weighted by Crippen LogP contribution is -2.71. The predicted octanol–water partition coefficient (Wildman–Crippen LogP) is 4.49. The van der Waals surface area contributed by atoms with Crippen molar-refractivity contribution < 1.29 is 24.3 Å². The highest BCUT2D eigenvalue weighted by Crippen LogP contribution is 2.41. The highest BCUT2D eigenvalue weighted by Gasteiger charge is 2.54. The molecule has 1 aromatic heterocycles. The number of carboxylic acid groups (broad SMARTS) is 1. The Morgan fingerprint density at radius 1 is 0.907 bits per heavy atom. The third-order valence-corrected chi connectivity index (χ3v) is 9.69. The second-order valence-corrected chi connectivity index (χ2v) is 12.1. The average Bonchev–Trinajstić information content (AvgIpc) is 3.51. The highest BCUT2D eigenvalue weighted by molar-refractivity contribution is 8.00. The molecule has 3 heterocycles. The SMILES string of the molecule is CC1=C(C(=O)O)N2C(=O)C(NC(=O)C(=O)c3csc(NC(c4ccccc4)(c4ccccc4)c4ccccc4)n3)[C@@H]2SC1. The number of aromatic nitrogens is 1. The van der Waals surface area contributed by atoms with Gasteiger partial charge in [-0.05, 0) is 29.2 Å². The molecule has 3 N–H and O–H groups in total. The van der Waals surface area contributed by atoms with Crippen LogP contribution in [0, 0.1) is 0 Å². The number of nitrogens with one attached hydrogen (secondary N) is 2. The molecule has 2 aliphatic rings. The van der Waals surface area contributed by atoms with Crippen LogP contribution in [0.4, 0.5) is 5.13 Å². The van der Waals surface area contributed by atoms with Crippen molar-refractivity contribution in [1.29, 1.82) is 0 Å². The maximum absolute atomic E-state index is 13.2. The molecule has 11 heteroatoms. The number of hydrogen-bond donors (Lipinski definition) is 3. The van der Waals surface area contributed by atoms with Crippen LogP contribution in [0.3, 0.4) is 0 Å². The maximum Gasteiger partial charge on any atom is 0.352 e. The molecular formula is C32H26N4O5S2. The number of aliphatic carboxylic acids is 1. The Labute approximate surface area is 255 Å². The molecule has 0 bridgehead atoms. The van der Waals surface area contributed by atoms with Crippen LogP contribution < -0.4 is 10.6 Å². The van der Waals surface area contributed by atoms with Gasteiger partial charge in [0.1, 0.15) is 28.3 Å². The van der Waals surface area contributed by atoms with Gasteiger partial charge >= 0.3 is 5.97 Å². The van der Waals surface area contributed by atoms with Crippen molar-refractivity contribution in [1.82, 2.24) is 15.2 Å². The third kappa shape index (κ3) is 5.00. The summed E-state index contributed by atoms with van der Waals surface area (Å²) in [4.78, 5) is 56.3. The van der Waals surface area contributed by atoms with E-state index >= 15 is 0 Å². The van der Waals surface area contributed by atoms with Crippen molar-refractivity contribution in [2.75, 3.05) is 11.1 Å². The van der Waals surface area contributed by atoms with Gasteiger partial charge in [0.05, 0.1) is 0 Å². The number of β-lactam (4-membered cyclic amide) rings is 1. The molecule has 216 valence electrons. The van der Waals surface area contributed by atoms with E-state index in [1.54, 1.807) is 6.92 Å². The van der Waals surface area contributed by atoms with Gasteiger partial charge in [-0.3, -0.25) is 19.3 Å². The van der Waals surface area contributed by atoms with Crippen molar-refractivity contribution in [2.45, 2.75) is 23.9 Å². The molecule has 2 atom stereocenters. The molecule has 2 aliphatic heterocycles. The van der Waals surface area contributed by atoms with E-state index in [4.69, 9.17) is 0 Å². The van der Waals surface area contributed by atoms with E-state index < -0.39 is 40.5 Å². The van der Waals surface area contributed by atoms with Crippen molar-refractivity contribution >= 4 is 51.8 Å². The Morgan fingerprint density at radius 3 is 1.95 bits per heavy atom. The molecule has 0 spiro atoms. The Balaban J connectivity index is 1.27. The van der Waals surface area contributed by atoms with Crippen LogP contribution in [0.25, 0.3) is 0 Å². The van der Waals surface area contributed by atoms with Crippen LogP contribution in [0.15, 0.2) is 108 Å². The Bertz CT molecular complexity index is 1640. The number of nitrogens with zero attached hydrogens (tertiary/aromatic N) is 2. The molecule has 0 saturated carbocycles. The van der Waals surface area contributed by atoms with Crippen LogP contribution in [-0.2, 0) is 19.9 Å². The van der Waals surface area contributed by atoms with Crippen LogP contribution in [0.1, 0.15) is 34.1 Å². The highest BCUT2D eigenvalue weighted by atomic mass is 32.2. The van der Waals surface area contributed by atoms with E-state index in [9.17, 15) is 24.3 Å². The van der Waals surface area contributed by atoms with Crippen LogP contribution >= 0.6 is 23.1 Å². The zero-order valence-electron chi connectivity index (χ0n) is 22.9. The number of fused-ring (bicyclic) bond motifs is 1. The maximum atomic E-state index is 13.2. The summed E-state index contributed by atoms with van der Waals surface area (Å²) >= 11 is 2.54. The summed E-state index contributed by atoms with van der Waals surface area (Å²) in [6.45, 7) is 1.66. The van der Waals surface area contributed by atoms with Crippen molar-refractivity contribution in [3.8, 4) is 0 Å². The smallest absolute Gasteiger partial charge is 0.352 e. The lowest BCUT2D eigenvalue weighted by Gasteiger charge is -2.49. The summed E-state index contributed by atoms with van der Waals surface area (Å²) in [6, 6.07) is 28.7. The second-order valence-electron chi connectivity index (χ2n) is 10.1. The standard InChI is InChI=1S/C32H26N4O5S2/c1-19-17-42-29-24(28(39)36(29)25(19)30(40)41)34-27(38)26(37)23-18-43-31(33-23)35-32(20-11-5-2-6-12-20,21-13-7-3-8-14-21)22-15-9-4-10-16-22/h2-16,18,24,29H,17H2,1H3,(H,33,35)(H,34,38)(H,40,41)/t24?,29-/m0/s1. The third-order valence-electron chi connectivity index (χ3n) is 7.51. The fraction of sp³-hybridized carbons (Fsp3) is 0.156. The predicted molar refractivity (Wildman–Crippen MR) is 165 cm³/mol. The number of ketones is 1. The number of anilines is 1. The van der Waals surface area contributed by atoms with E-state index in [1.165, 1.54) is 33.4 Å². The van der Waals surface area contributed by atoms with Gasteiger partial charge < -0.3 is 15.7 Å². The fourth-order valence-electron chi connectivity index (χ4n) is 5.48. The van der Waals surface area contributed by atoms with Crippen LogP contribution in [0.5, 0.6) is 0 Å². The molecule has 43 heavy (non-hydrogen) atoms. The summed E-state index contributed by atoms with van der Waals surface area (Å²) in [5.74, 6) is -3.21. The summed E-state index contributed by atoms with van der Waals surface area (Å²) in [6.07, 6.45) is 0. The fourth-order valence-corrected chi connectivity index (χ4v) is 7.51. The minimum absolute atomic E-state index is 0.0602. The first-order valence-corrected chi connectivity index (χ1v) is 15.4. The number of hydrogen-bond acceptors (Lipinski definition) is 8. The Morgan fingerprint density at radius 2 is 1.44 bits per heavy atom. The zero-order chi connectivity index (χ0) is 30.1. The number of carbonyl (C=O) groups excluding carboxylic acids is 3. The van der Waals surface area contributed by atoms with Crippen molar-refractivity contribution in [3.63, 3.8) is 0 Å². The first-order valence-electron chi connectivity index (χ1n) is 13.4. The van der Waals surface area contributed by atoms with E-state index in [1.807, 2.05) is 91.0 Å². The summed E-state index contributed by atoms with van der Waals surface area (Å²) in [5, 5.41) is 17.0. The minimum atomic E-state index is -1.20. The van der Waals surface area contributed by atoms with E-state index in [0.717, 1.165) is 16.7 Å². The number of benzene rings is 3. The molecule has 1 fully saturated rings. The molecule has 1 unspecified atom stereocenters. The Hall–Kier alpha value is -4.74. The van der Waals surface area contributed by atoms with Crippen molar-refractivity contribution in [3.05, 3.63) is 130 Å². The van der Waals surface area contributed by atoms with E-state index in [2.05, 4.69) is 15.6 Å². The van der Waals surface area contributed by atoms with Gasteiger partial charge in [-0.1, -0.05) is 91.0 Å². The first kappa shape index (κ1) is 28.4. The van der Waals surface area contributed by atoms with Gasteiger partial charge in [-0.25, -0.2) is 9.78 Å². The minimum Gasteiger partial charge on any atom is -0.477 e. The number of carboxylic acids is 1. The van der Waals surface area contributed by atoms with Crippen molar-refractivity contribution in [2.24, 2.45) is 0 Å². The molecule has 3 aromatic carbocycles. The monoisotopic (exact) mass is 610 g/mol. The molecule has 0 aliphatic carbocycles. The molecule has 6 rings (SSSR count). The largest absolute Gasteiger partial charge is 0.477 e. The number of Topliss-reactive ketones (excluding diaryl/α,β-unsaturated/α-hetero) is 1. The average molecular weight is 611 g/mol. The number of rotatable bonds is 9. The van der Waals surface area contributed by atoms with Crippen LogP contribution in [-0.4, -0.2) is 55.7 Å².